The first-order valence-electron chi connectivity index (χ1n) is 9.67. The molecular formula is C22H28N6. The van der Waals surface area contributed by atoms with Crippen molar-refractivity contribution in [3.8, 4) is 11.3 Å². The lowest BCUT2D eigenvalue weighted by atomic mass is 10.1. The zero-order valence-electron chi connectivity index (χ0n) is 16.6. The molecule has 3 aromatic rings. The number of nitrogens with zero attached hydrogens (tertiary/aromatic N) is 4. The summed E-state index contributed by atoms with van der Waals surface area (Å²) >= 11 is 0. The second kappa shape index (κ2) is 10.4. The van der Waals surface area contributed by atoms with Crippen LogP contribution in [0.4, 0.5) is 11.8 Å². The number of rotatable bonds is 10. The van der Waals surface area contributed by atoms with Crippen LogP contribution in [0, 0.1) is 0 Å². The average Bonchev–Trinajstić information content (AvgIpc) is 2.72. The zero-order valence-corrected chi connectivity index (χ0v) is 16.6. The number of aromatic nitrogens is 3. The van der Waals surface area contributed by atoms with E-state index in [1.165, 1.54) is 0 Å². The third-order valence-corrected chi connectivity index (χ3v) is 4.27. The van der Waals surface area contributed by atoms with Crippen LogP contribution in [-0.2, 0) is 6.42 Å². The van der Waals surface area contributed by atoms with E-state index in [-0.39, 0.29) is 0 Å². The lowest BCUT2D eigenvalue weighted by molar-refractivity contribution is 0.405. The fourth-order valence-corrected chi connectivity index (χ4v) is 2.83. The molecule has 0 aliphatic carbocycles. The Labute approximate surface area is 167 Å². The fraction of sp³-hybridized carbons (Fsp3) is 0.318. The van der Waals surface area contributed by atoms with E-state index in [1.54, 1.807) is 0 Å². The molecule has 146 valence electrons. The first kappa shape index (κ1) is 19.8. The van der Waals surface area contributed by atoms with Gasteiger partial charge in [-0.1, -0.05) is 36.4 Å². The van der Waals surface area contributed by atoms with E-state index >= 15 is 0 Å². The SMILES string of the molecule is CN(C)CCCNc1nc(NCCc2ccccn2)cc(-c2ccccc2)n1. The molecule has 0 bridgehead atoms. The summed E-state index contributed by atoms with van der Waals surface area (Å²) in [6.45, 7) is 2.63. The van der Waals surface area contributed by atoms with E-state index in [4.69, 9.17) is 4.98 Å². The van der Waals surface area contributed by atoms with Crippen LogP contribution in [0.1, 0.15) is 12.1 Å². The van der Waals surface area contributed by atoms with Gasteiger partial charge in [0.2, 0.25) is 5.95 Å². The van der Waals surface area contributed by atoms with Gasteiger partial charge in [0.15, 0.2) is 0 Å². The van der Waals surface area contributed by atoms with Crippen molar-refractivity contribution in [1.82, 2.24) is 19.9 Å². The van der Waals surface area contributed by atoms with Crippen molar-refractivity contribution in [3.05, 3.63) is 66.5 Å². The molecule has 2 aromatic heterocycles. The predicted molar refractivity (Wildman–Crippen MR) is 116 cm³/mol. The van der Waals surface area contributed by atoms with Crippen LogP contribution in [0.25, 0.3) is 11.3 Å². The highest BCUT2D eigenvalue weighted by molar-refractivity contribution is 5.64. The van der Waals surface area contributed by atoms with Gasteiger partial charge in [-0.25, -0.2) is 4.98 Å². The van der Waals surface area contributed by atoms with Gasteiger partial charge in [0.1, 0.15) is 5.82 Å². The molecule has 0 unspecified atom stereocenters. The molecule has 6 heteroatoms. The highest BCUT2D eigenvalue weighted by Gasteiger charge is 2.07. The number of hydrogen-bond donors (Lipinski definition) is 2. The smallest absolute Gasteiger partial charge is 0.225 e. The third kappa shape index (κ3) is 6.32. The quantitative estimate of drug-likeness (QED) is 0.528. The van der Waals surface area contributed by atoms with Crippen molar-refractivity contribution >= 4 is 11.8 Å². The monoisotopic (exact) mass is 376 g/mol. The van der Waals surface area contributed by atoms with Crippen LogP contribution in [0.3, 0.4) is 0 Å². The summed E-state index contributed by atoms with van der Waals surface area (Å²) in [7, 11) is 4.16. The van der Waals surface area contributed by atoms with Crippen LogP contribution in [0.2, 0.25) is 0 Å². The maximum Gasteiger partial charge on any atom is 0.225 e. The van der Waals surface area contributed by atoms with Crippen molar-refractivity contribution in [1.29, 1.82) is 0 Å². The maximum absolute atomic E-state index is 4.70. The van der Waals surface area contributed by atoms with E-state index in [0.717, 1.165) is 55.2 Å². The molecule has 0 aliphatic rings. The van der Waals surface area contributed by atoms with Crippen molar-refractivity contribution in [2.45, 2.75) is 12.8 Å². The molecule has 0 spiro atoms. The molecule has 0 radical (unpaired) electrons. The minimum absolute atomic E-state index is 0.653. The Morgan fingerprint density at radius 2 is 1.71 bits per heavy atom. The van der Waals surface area contributed by atoms with Crippen molar-refractivity contribution < 1.29 is 0 Å². The molecule has 0 saturated carbocycles. The molecule has 0 amide bonds. The Morgan fingerprint density at radius 1 is 0.893 bits per heavy atom. The molecule has 0 fully saturated rings. The number of pyridine rings is 1. The summed E-state index contributed by atoms with van der Waals surface area (Å²) in [6, 6.07) is 18.2. The minimum Gasteiger partial charge on any atom is -0.369 e. The van der Waals surface area contributed by atoms with E-state index in [2.05, 4.69) is 51.7 Å². The molecule has 28 heavy (non-hydrogen) atoms. The molecule has 6 nitrogen and oxygen atoms in total. The van der Waals surface area contributed by atoms with Crippen LogP contribution in [0.5, 0.6) is 0 Å². The molecule has 0 atom stereocenters. The summed E-state index contributed by atoms with van der Waals surface area (Å²) in [5.41, 5.74) is 3.05. The van der Waals surface area contributed by atoms with Gasteiger partial charge in [-0.15, -0.1) is 0 Å². The molecular weight excluding hydrogens is 348 g/mol. The van der Waals surface area contributed by atoms with Crippen LogP contribution in [-0.4, -0.2) is 53.6 Å². The topological polar surface area (TPSA) is 66.0 Å². The third-order valence-electron chi connectivity index (χ3n) is 4.27. The predicted octanol–water partition coefficient (Wildman–Crippen LogP) is 3.56. The van der Waals surface area contributed by atoms with E-state index in [9.17, 15) is 0 Å². The van der Waals surface area contributed by atoms with Gasteiger partial charge in [0, 0.05) is 43.0 Å². The van der Waals surface area contributed by atoms with Gasteiger partial charge in [-0.2, -0.15) is 4.98 Å². The van der Waals surface area contributed by atoms with Gasteiger partial charge in [0.25, 0.3) is 0 Å². The van der Waals surface area contributed by atoms with Crippen LogP contribution >= 0.6 is 0 Å². The van der Waals surface area contributed by atoms with Gasteiger partial charge < -0.3 is 15.5 Å². The molecule has 0 aliphatic heterocycles. The zero-order chi connectivity index (χ0) is 19.6. The van der Waals surface area contributed by atoms with Gasteiger partial charge in [-0.3, -0.25) is 4.98 Å². The Hall–Kier alpha value is -2.99. The summed E-state index contributed by atoms with van der Waals surface area (Å²) in [5, 5.41) is 6.77. The first-order valence-corrected chi connectivity index (χ1v) is 9.67. The Morgan fingerprint density at radius 3 is 2.46 bits per heavy atom. The summed E-state index contributed by atoms with van der Waals surface area (Å²) in [5.74, 6) is 1.47. The normalized spacial score (nSPS) is 10.8. The minimum atomic E-state index is 0.653. The second-order valence-corrected chi connectivity index (χ2v) is 6.91. The number of benzene rings is 1. The molecule has 2 N–H and O–H groups in total. The van der Waals surface area contributed by atoms with Crippen LogP contribution < -0.4 is 10.6 Å². The molecule has 1 aromatic carbocycles. The van der Waals surface area contributed by atoms with Gasteiger partial charge in [-0.05, 0) is 39.2 Å². The van der Waals surface area contributed by atoms with Crippen molar-refractivity contribution in [3.63, 3.8) is 0 Å². The standard InChI is InChI=1S/C22H28N6/c1-28(2)16-8-14-25-22-26-20(18-9-4-3-5-10-18)17-21(27-22)24-15-12-19-11-6-7-13-23-19/h3-7,9-11,13,17H,8,12,14-16H2,1-2H3,(H2,24,25,26,27). The Kier molecular flexibility index (Phi) is 7.32. The Bertz CT molecular complexity index is 836. The number of hydrogen-bond acceptors (Lipinski definition) is 6. The lowest BCUT2D eigenvalue weighted by Gasteiger charge is -2.13. The lowest BCUT2D eigenvalue weighted by Crippen LogP contribution is -2.17. The summed E-state index contributed by atoms with van der Waals surface area (Å²) in [4.78, 5) is 15.9. The second-order valence-electron chi connectivity index (χ2n) is 6.91. The van der Waals surface area contributed by atoms with Gasteiger partial charge >= 0.3 is 0 Å². The van der Waals surface area contributed by atoms with Crippen LogP contribution in [0.15, 0.2) is 60.8 Å². The fourth-order valence-electron chi connectivity index (χ4n) is 2.83. The van der Waals surface area contributed by atoms with Gasteiger partial charge in [0.05, 0.1) is 5.69 Å². The van der Waals surface area contributed by atoms with E-state index in [0.29, 0.717) is 5.95 Å². The summed E-state index contributed by atoms with van der Waals surface area (Å²) < 4.78 is 0. The maximum atomic E-state index is 4.70. The average molecular weight is 377 g/mol. The highest BCUT2D eigenvalue weighted by atomic mass is 15.1. The molecule has 3 rings (SSSR count). The summed E-state index contributed by atoms with van der Waals surface area (Å²) in [6.07, 6.45) is 3.70. The molecule has 2 heterocycles. The van der Waals surface area contributed by atoms with Crippen molar-refractivity contribution in [2.75, 3.05) is 44.4 Å². The largest absolute Gasteiger partial charge is 0.369 e. The Balaban J connectivity index is 1.69. The molecule has 0 saturated heterocycles. The van der Waals surface area contributed by atoms with E-state index in [1.807, 2.05) is 48.7 Å². The first-order chi connectivity index (χ1) is 13.7. The number of anilines is 2. The highest BCUT2D eigenvalue weighted by Crippen LogP contribution is 2.21. The van der Waals surface area contributed by atoms with E-state index < -0.39 is 0 Å². The van der Waals surface area contributed by atoms with Crippen molar-refractivity contribution in [2.24, 2.45) is 0 Å². The number of nitrogens with one attached hydrogen (secondary N) is 2.